The van der Waals surface area contributed by atoms with Crippen LogP contribution in [-0.4, -0.2) is 51.1 Å². The molecule has 0 aliphatic carbocycles. The average molecular weight is 539 g/mol. The maximum Gasteiger partial charge on any atom is 0.433 e. The molecule has 0 saturated carbocycles. The van der Waals surface area contributed by atoms with E-state index >= 15 is 0 Å². The first kappa shape index (κ1) is 28.0. The van der Waals surface area contributed by atoms with Gasteiger partial charge >= 0.3 is 12.8 Å². The number of aliphatic hydroxyl groups excluding tert-OH is 1. The standard InChI is InChI=1S/C27H31F5N4O2/c1-17-11-22(34-36(17)21-8-9-24(33-13-21)27(30,31)32)18-6-7-19(23(12-18)38-25(28)29)14-35-10-4-5-20(15-35)26(2,3)16-37/h6-9,11-13,20,25,37H,4-5,10,14-16H2,1-3H3/t20-/m0/s1. The van der Waals surface area contributed by atoms with E-state index in [2.05, 4.69) is 15.0 Å². The van der Waals surface area contributed by atoms with Crippen LogP contribution in [-0.2, 0) is 12.7 Å². The molecule has 3 aromatic rings. The molecule has 1 fully saturated rings. The minimum atomic E-state index is -4.55. The number of nitrogens with zero attached hydrogens (tertiary/aromatic N) is 4. The van der Waals surface area contributed by atoms with Crippen LogP contribution in [0.25, 0.3) is 16.9 Å². The number of hydrogen-bond acceptors (Lipinski definition) is 5. The summed E-state index contributed by atoms with van der Waals surface area (Å²) in [6, 6.07) is 8.89. The van der Waals surface area contributed by atoms with Gasteiger partial charge in [-0.2, -0.15) is 27.1 Å². The highest BCUT2D eigenvalue weighted by molar-refractivity contribution is 5.63. The molecular formula is C27H31F5N4O2. The Bertz CT molecular complexity index is 1240. The van der Waals surface area contributed by atoms with Gasteiger partial charge in [-0.25, -0.2) is 9.67 Å². The Hall–Kier alpha value is -3.05. The number of alkyl halides is 5. The van der Waals surface area contributed by atoms with E-state index in [4.69, 9.17) is 4.74 Å². The summed E-state index contributed by atoms with van der Waals surface area (Å²) >= 11 is 0. The molecule has 1 aliphatic rings. The molecular weight excluding hydrogens is 507 g/mol. The van der Waals surface area contributed by atoms with Gasteiger partial charge < -0.3 is 9.84 Å². The molecule has 206 valence electrons. The summed E-state index contributed by atoms with van der Waals surface area (Å²) < 4.78 is 71.5. The van der Waals surface area contributed by atoms with Crippen LogP contribution in [0, 0.1) is 18.3 Å². The van der Waals surface area contributed by atoms with Gasteiger partial charge in [0.1, 0.15) is 11.4 Å². The highest BCUT2D eigenvalue weighted by atomic mass is 19.4. The van der Waals surface area contributed by atoms with Gasteiger partial charge in [-0.3, -0.25) is 4.90 Å². The van der Waals surface area contributed by atoms with Crippen molar-refractivity contribution in [3.8, 4) is 22.7 Å². The number of aryl methyl sites for hydroxylation is 1. The molecule has 0 radical (unpaired) electrons. The van der Waals surface area contributed by atoms with E-state index in [1.54, 1.807) is 25.1 Å². The molecule has 0 spiro atoms. The van der Waals surface area contributed by atoms with Gasteiger partial charge in [0, 0.05) is 36.5 Å². The fourth-order valence-electron chi connectivity index (χ4n) is 4.81. The summed E-state index contributed by atoms with van der Waals surface area (Å²) in [5.41, 5.74) is 1.33. The Morgan fingerprint density at radius 1 is 1.13 bits per heavy atom. The van der Waals surface area contributed by atoms with Crippen molar-refractivity contribution >= 4 is 0 Å². The molecule has 1 N–H and O–H groups in total. The minimum absolute atomic E-state index is 0.0458. The van der Waals surface area contributed by atoms with Crippen LogP contribution in [0.2, 0.25) is 0 Å². The molecule has 0 unspecified atom stereocenters. The van der Waals surface area contributed by atoms with E-state index in [1.165, 1.54) is 16.8 Å². The number of rotatable bonds is 8. The van der Waals surface area contributed by atoms with Gasteiger partial charge in [0.05, 0.1) is 17.6 Å². The number of aromatic nitrogens is 3. The zero-order valence-corrected chi connectivity index (χ0v) is 21.5. The normalized spacial score (nSPS) is 17.3. The second-order valence-corrected chi connectivity index (χ2v) is 10.4. The van der Waals surface area contributed by atoms with Crippen molar-refractivity contribution in [3.63, 3.8) is 0 Å². The fraction of sp³-hybridized carbons (Fsp3) is 0.481. The lowest BCUT2D eigenvalue weighted by molar-refractivity contribution is -0.141. The monoisotopic (exact) mass is 538 g/mol. The number of likely N-dealkylation sites (tertiary alicyclic amines) is 1. The maximum atomic E-state index is 13.3. The Morgan fingerprint density at radius 3 is 2.53 bits per heavy atom. The third-order valence-electron chi connectivity index (χ3n) is 7.16. The predicted octanol–water partition coefficient (Wildman–Crippen LogP) is 6.09. The first-order chi connectivity index (χ1) is 17.9. The van der Waals surface area contributed by atoms with E-state index in [-0.39, 0.29) is 23.7 Å². The lowest BCUT2D eigenvalue weighted by Crippen LogP contribution is -2.42. The van der Waals surface area contributed by atoms with Crippen LogP contribution in [0.3, 0.4) is 0 Å². The first-order valence-corrected chi connectivity index (χ1v) is 12.4. The third kappa shape index (κ3) is 6.32. The van der Waals surface area contributed by atoms with Crippen molar-refractivity contribution in [3.05, 3.63) is 59.5 Å². The number of hydrogen-bond donors (Lipinski definition) is 1. The van der Waals surface area contributed by atoms with Gasteiger partial charge in [0.2, 0.25) is 0 Å². The molecule has 0 bridgehead atoms. The Labute approximate surface area is 218 Å². The Kier molecular flexibility index (Phi) is 8.08. The van der Waals surface area contributed by atoms with Crippen LogP contribution in [0.5, 0.6) is 5.75 Å². The summed E-state index contributed by atoms with van der Waals surface area (Å²) in [7, 11) is 0. The van der Waals surface area contributed by atoms with E-state index in [1.807, 2.05) is 13.8 Å². The van der Waals surface area contributed by atoms with Crippen molar-refractivity contribution in [2.75, 3.05) is 19.7 Å². The average Bonchev–Trinajstić information content (AvgIpc) is 3.26. The summed E-state index contributed by atoms with van der Waals surface area (Å²) in [6.45, 7) is 4.85. The third-order valence-corrected chi connectivity index (χ3v) is 7.16. The quantitative estimate of drug-likeness (QED) is 0.352. The largest absolute Gasteiger partial charge is 0.434 e. The van der Waals surface area contributed by atoms with Crippen LogP contribution < -0.4 is 4.74 Å². The van der Waals surface area contributed by atoms with E-state index < -0.39 is 18.5 Å². The second-order valence-electron chi connectivity index (χ2n) is 10.4. The Morgan fingerprint density at radius 2 is 1.89 bits per heavy atom. The molecule has 38 heavy (non-hydrogen) atoms. The fourth-order valence-corrected chi connectivity index (χ4v) is 4.81. The first-order valence-electron chi connectivity index (χ1n) is 12.4. The molecule has 1 aromatic carbocycles. The summed E-state index contributed by atoms with van der Waals surface area (Å²) in [5.74, 6) is 0.330. The number of aliphatic hydroxyl groups is 1. The molecule has 2 aromatic heterocycles. The topological polar surface area (TPSA) is 63.4 Å². The van der Waals surface area contributed by atoms with Crippen LogP contribution in [0.15, 0.2) is 42.6 Å². The van der Waals surface area contributed by atoms with Crippen molar-refractivity contribution < 1.29 is 31.8 Å². The molecule has 0 amide bonds. The highest BCUT2D eigenvalue weighted by Gasteiger charge is 2.33. The van der Waals surface area contributed by atoms with Crippen LogP contribution >= 0.6 is 0 Å². The lowest BCUT2D eigenvalue weighted by atomic mass is 9.75. The van der Waals surface area contributed by atoms with Gasteiger partial charge in [-0.05, 0) is 61.9 Å². The zero-order chi connectivity index (χ0) is 27.7. The molecule has 1 atom stereocenters. The number of benzene rings is 1. The summed E-state index contributed by atoms with van der Waals surface area (Å²) in [5, 5.41) is 14.2. The summed E-state index contributed by atoms with van der Waals surface area (Å²) in [4.78, 5) is 5.67. The predicted molar refractivity (Wildman–Crippen MR) is 132 cm³/mol. The van der Waals surface area contributed by atoms with E-state index in [0.29, 0.717) is 34.7 Å². The SMILES string of the molecule is Cc1cc(-c2ccc(CN3CCC[C@H](C(C)(C)CO)C3)c(OC(F)F)c2)nn1-c1ccc(C(F)(F)F)nc1. The number of halogens is 5. The molecule has 1 saturated heterocycles. The number of piperidine rings is 1. The van der Waals surface area contributed by atoms with Gasteiger partial charge in [-0.1, -0.05) is 26.0 Å². The highest BCUT2D eigenvalue weighted by Crippen LogP contribution is 2.36. The van der Waals surface area contributed by atoms with Crippen LogP contribution in [0.1, 0.15) is 43.6 Å². The molecule has 4 rings (SSSR count). The van der Waals surface area contributed by atoms with Crippen molar-refractivity contribution in [2.24, 2.45) is 11.3 Å². The number of pyridine rings is 1. The van der Waals surface area contributed by atoms with E-state index in [0.717, 1.165) is 38.2 Å². The maximum absolute atomic E-state index is 13.3. The summed E-state index contributed by atoms with van der Waals surface area (Å²) in [6.07, 6.45) is -1.51. The van der Waals surface area contributed by atoms with Gasteiger partial charge in [0.15, 0.2) is 0 Å². The number of ether oxygens (including phenoxy) is 1. The Balaban J connectivity index is 1.58. The molecule has 1 aliphatic heterocycles. The lowest BCUT2D eigenvalue weighted by Gasteiger charge is -2.40. The van der Waals surface area contributed by atoms with Crippen LogP contribution in [0.4, 0.5) is 22.0 Å². The minimum Gasteiger partial charge on any atom is -0.434 e. The molecule has 3 heterocycles. The second kappa shape index (κ2) is 11.0. The van der Waals surface area contributed by atoms with Crippen molar-refractivity contribution in [1.29, 1.82) is 0 Å². The van der Waals surface area contributed by atoms with E-state index in [9.17, 15) is 27.1 Å². The molecule has 6 nitrogen and oxygen atoms in total. The van der Waals surface area contributed by atoms with Gasteiger partial charge in [-0.15, -0.1) is 0 Å². The smallest absolute Gasteiger partial charge is 0.433 e. The molecule has 11 heteroatoms. The van der Waals surface area contributed by atoms with Crippen molar-refractivity contribution in [1.82, 2.24) is 19.7 Å². The van der Waals surface area contributed by atoms with Crippen molar-refractivity contribution in [2.45, 2.75) is 52.9 Å². The van der Waals surface area contributed by atoms with Gasteiger partial charge in [0.25, 0.3) is 0 Å². The zero-order valence-electron chi connectivity index (χ0n) is 21.5.